The fraction of sp³-hybridized carbons (Fsp3) is 0.300. The topological polar surface area (TPSA) is 73.9 Å². The van der Waals surface area contributed by atoms with Gasteiger partial charge in [-0.05, 0) is 49.2 Å². The summed E-state index contributed by atoms with van der Waals surface area (Å²) in [5.41, 5.74) is 0.574. The number of anilines is 1. The van der Waals surface area contributed by atoms with Crippen molar-refractivity contribution in [2.45, 2.75) is 18.9 Å². The molecule has 1 aliphatic heterocycles. The number of ether oxygens (including phenoxy) is 3. The van der Waals surface area contributed by atoms with Crippen LogP contribution in [0.25, 0.3) is 0 Å². The molecule has 1 aliphatic rings. The van der Waals surface area contributed by atoms with Crippen molar-refractivity contribution in [2.24, 2.45) is 0 Å². The van der Waals surface area contributed by atoms with Crippen molar-refractivity contribution in [2.75, 3.05) is 25.1 Å². The lowest BCUT2D eigenvalue weighted by Crippen LogP contribution is -2.21. The Labute approximate surface area is 183 Å². The van der Waals surface area contributed by atoms with E-state index in [1.54, 1.807) is 24.3 Å². The lowest BCUT2D eigenvalue weighted by atomic mass is 10.2. The summed E-state index contributed by atoms with van der Waals surface area (Å²) in [5, 5.41) is 3.24. The number of carbonyl (C=O) groups is 2. The molecule has 0 aliphatic carbocycles. The van der Waals surface area contributed by atoms with E-state index in [2.05, 4.69) is 5.32 Å². The summed E-state index contributed by atoms with van der Waals surface area (Å²) in [4.78, 5) is 24.1. The van der Waals surface area contributed by atoms with Gasteiger partial charge >= 0.3 is 5.97 Å². The minimum absolute atomic E-state index is 0.113. The number of rotatable bonds is 7. The Kier molecular flexibility index (Phi) is 7.61. The second kappa shape index (κ2) is 10.2. The quantitative estimate of drug-likeness (QED) is 0.467. The van der Waals surface area contributed by atoms with Crippen LogP contribution in [-0.4, -0.2) is 37.8 Å². The van der Waals surface area contributed by atoms with Crippen LogP contribution < -0.4 is 10.1 Å². The van der Waals surface area contributed by atoms with Crippen molar-refractivity contribution < 1.29 is 23.8 Å². The Morgan fingerprint density at radius 2 is 1.79 bits per heavy atom. The van der Waals surface area contributed by atoms with Gasteiger partial charge in [-0.2, -0.15) is 0 Å². The number of nitrogens with one attached hydrogen (secondary N) is 1. The van der Waals surface area contributed by atoms with Gasteiger partial charge in [-0.15, -0.1) is 0 Å². The predicted molar refractivity (Wildman–Crippen MR) is 111 cm³/mol. The van der Waals surface area contributed by atoms with Gasteiger partial charge in [0.2, 0.25) is 0 Å². The highest BCUT2D eigenvalue weighted by atomic mass is 35.5. The molecule has 0 bridgehead atoms. The van der Waals surface area contributed by atoms with Gasteiger partial charge in [-0.1, -0.05) is 34.8 Å². The van der Waals surface area contributed by atoms with Gasteiger partial charge in [0.25, 0.3) is 5.91 Å². The molecule has 1 unspecified atom stereocenters. The minimum Gasteiger partial charge on any atom is -0.491 e. The van der Waals surface area contributed by atoms with Gasteiger partial charge in [0.1, 0.15) is 12.4 Å². The highest BCUT2D eigenvalue weighted by Gasteiger charge is 2.16. The van der Waals surface area contributed by atoms with Crippen molar-refractivity contribution in [1.82, 2.24) is 0 Å². The third kappa shape index (κ3) is 6.24. The molecule has 2 aromatic rings. The van der Waals surface area contributed by atoms with Gasteiger partial charge in [-0.25, -0.2) is 4.79 Å². The molecule has 1 amide bonds. The van der Waals surface area contributed by atoms with Crippen LogP contribution in [0.4, 0.5) is 5.69 Å². The maximum absolute atomic E-state index is 12.1. The molecule has 2 aromatic carbocycles. The number of halogens is 3. The van der Waals surface area contributed by atoms with E-state index in [4.69, 9.17) is 49.0 Å². The number of hydrogen-bond acceptors (Lipinski definition) is 5. The summed E-state index contributed by atoms with van der Waals surface area (Å²) in [7, 11) is 0. The molecule has 1 atom stereocenters. The number of benzene rings is 2. The lowest BCUT2D eigenvalue weighted by Gasteiger charge is -2.12. The molecule has 1 fully saturated rings. The SMILES string of the molecule is O=C(COC(=O)c1ccc(OCC2CCCO2)cc1)Nc1cc(Cl)c(Cl)cc1Cl. The number of esters is 1. The van der Waals surface area contributed by atoms with E-state index in [1.807, 2.05) is 0 Å². The third-order valence-corrected chi connectivity index (χ3v) is 5.20. The molecule has 3 rings (SSSR count). The molecule has 1 heterocycles. The standard InChI is InChI=1S/C20H18Cl3NO5/c21-15-8-17(23)18(9-16(15)22)24-19(25)11-29-20(26)12-3-5-13(6-4-12)28-10-14-2-1-7-27-14/h3-6,8-9,14H,1-2,7,10-11H2,(H,24,25). The summed E-state index contributed by atoms with van der Waals surface area (Å²) >= 11 is 17.7. The summed E-state index contributed by atoms with van der Waals surface area (Å²) in [5.74, 6) is -0.565. The van der Waals surface area contributed by atoms with Crippen molar-refractivity contribution in [3.05, 3.63) is 57.0 Å². The van der Waals surface area contributed by atoms with Gasteiger partial charge < -0.3 is 19.5 Å². The largest absolute Gasteiger partial charge is 0.491 e. The first-order valence-corrected chi connectivity index (χ1v) is 10.0. The molecule has 9 heteroatoms. The van der Waals surface area contributed by atoms with E-state index in [0.29, 0.717) is 17.9 Å². The fourth-order valence-electron chi connectivity index (χ4n) is 2.67. The van der Waals surface area contributed by atoms with Crippen LogP contribution >= 0.6 is 34.8 Å². The molecule has 0 spiro atoms. The first-order chi connectivity index (χ1) is 13.9. The molecule has 0 aromatic heterocycles. The Morgan fingerprint density at radius 3 is 2.48 bits per heavy atom. The van der Waals surface area contributed by atoms with E-state index >= 15 is 0 Å². The van der Waals surface area contributed by atoms with Crippen LogP contribution in [0.3, 0.4) is 0 Å². The molecule has 1 saturated heterocycles. The summed E-state index contributed by atoms with van der Waals surface area (Å²) in [6, 6.07) is 9.31. The Hall–Kier alpha value is -1.99. The van der Waals surface area contributed by atoms with Crippen molar-refractivity contribution in [3.63, 3.8) is 0 Å². The highest BCUT2D eigenvalue weighted by Crippen LogP contribution is 2.32. The Bertz CT molecular complexity index is 882. The lowest BCUT2D eigenvalue weighted by molar-refractivity contribution is -0.119. The van der Waals surface area contributed by atoms with Crippen LogP contribution in [0.1, 0.15) is 23.2 Å². The van der Waals surface area contributed by atoms with Crippen LogP contribution in [0.2, 0.25) is 15.1 Å². The zero-order valence-electron chi connectivity index (χ0n) is 15.3. The van der Waals surface area contributed by atoms with Gasteiger partial charge in [0, 0.05) is 6.61 Å². The molecule has 154 valence electrons. The summed E-state index contributed by atoms with van der Waals surface area (Å²) in [6.07, 6.45) is 2.14. The summed E-state index contributed by atoms with van der Waals surface area (Å²) in [6.45, 7) is 0.761. The molecular weight excluding hydrogens is 441 g/mol. The number of amides is 1. The molecule has 0 saturated carbocycles. The average molecular weight is 459 g/mol. The van der Waals surface area contributed by atoms with E-state index in [-0.39, 0.29) is 26.9 Å². The highest BCUT2D eigenvalue weighted by molar-refractivity contribution is 6.44. The summed E-state index contributed by atoms with van der Waals surface area (Å²) < 4.78 is 16.2. The normalized spacial score (nSPS) is 15.8. The zero-order valence-corrected chi connectivity index (χ0v) is 17.5. The average Bonchev–Trinajstić information content (AvgIpc) is 3.23. The molecule has 0 radical (unpaired) electrons. The second-order valence-corrected chi connectivity index (χ2v) is 7.56. The molecular formula is C20H18Cl3NO5. The number of carbonyl (C=O) groups excluding carboxylic acids is 2. The molecule has 29 heavy (non-hydrogen) atoms. The monoisotopic (exact) mass is 457 g/mol. The molecule has 6 nitrogen and oxygen atoms in total. The van der Waals surface area contributed by atoms with Crippen LogP contribution in [-0.2, 0) is 14.3 Å². The third-order valence-electron chi connectivity index (χ3n) is 4.17. The smallest absolute Gasteiger partial charge is 0.338 e. The first-order valence-electron chi connectivity index (χ1n) is 8.88. The molecule has 1 N–H and O–H groups in total. The van der Waals surface area contributed by atoms with Gasteiger partial charge in [0.05, 0.1) is 32.4 Å². The van der Waals surface area contributed by atoms with Crippen LogP contribution in [0.5, 0.6) is 5.75 Å². The van der Waals surface area contributed by atoms with Gasteiger partial charge in [0.15, 0.2) is 6.61 Å². The van der Waals surface area contributed by atoms with Crippen molar-refractivity contribution in [3.8, 4) is 5.75 Å². The van der Waals surface area contributed by atoms with E-state index in [1.165, 1.54) is 12.1 Å². The van der Waals surface area contributed by atoms with Crippen LogP contribution in [0.15, 0.2) is 36.4 Å². The zero-order chi connectivity index (χ0) is 20.8. The van der Waals surface area contributed by atoms with E-state index < -0.39 is 18.5 Å². The Balaban J connectivity index is 1.47. The maximum atomic E-state index is 12.1. The number of hydrogen-bond donors (Lipinski definition) is 1. The fourth-order valence-corrected chi connectivity index (χ4v) is 3.27. The van der Waals surface area contributed by atoms with E-state index in [9.17, 15) is 9.59 Å². The van der Waals surface area contributed by atoms with Crippen molar-refractivity contribution >= 4 is 52.4 Å². The first kappa shape index (κ1) is 21.7. The van der Waals surface area contributed by atoms with Crippen LogP contribution in [0, 0.1) is 0 Å². The van der Waals surface area contributed by atoms with Crippen molar-refractivity contribution in [1.29, 1.82) is 0 Å². The predicted octanol–water partition coefficient (Wildman–Crippen LogP) is 5.00. The second-order valence-electron chi connectivity index (χ2n) is 6.34. The van der Waals surface area contributed by atoms with E-state index in [0.717, 1.165) is 19.4 Å². The maximum Gasteiger partial charge on any atom is 0.338 e. The Morgan fingerprint density at radius 1 is 1.07 bits per heavy atom. The minimum atomic E-state index is -0.633. The van der Waals surface area contributed by atoms with Gasteiger partial charge in [-0.3, -0.25) is 4.79 Å².